The second kappa shape index (κ2) is 16.7. The highest BCUT2D eigenvalue weighted by atomic mass is 35.5. The van der Waals surface area contributed by atoms with Gasteiger partial charge in [-0.25, -0.2) is 0 Å². The molecular formula is C34H55ClN2O5. The van der Waals surface area contributed by atoms with Crippen LogP contribution in [0, 0.1) is 23.7 Å². The van der Waals surface area contributed by atoms with Crippen LogP contribution in [0.4, 0.5) is 0 Å². The Balaban J connectivity index is 0.00000198. The summed E-state index contributed by atoms with van der Waals surface area (Å²) < 4.78 is 18.5. The van der Waals surface area contributed by atoms with Gasteiger partial charge in [-0.3, -0.25) is 9.69 Å². The summed E-state index contributed by atoms with van der Waals surface area (Å²) in [4.78, 5) is 17.7. The summed E-state index contributed by atoms with van der Waals surface area (Å²) >= 11 is 5.66. The molecule has 3 unspecified atom stereocenters. The molecule has 2 saturated heterocycles. The second-order valence-corrected chi connectivity index (χ2v) is 13.2. The summed E-state index contributed by atoms with van der Waals surface area (Å²) in [6.45, 7) is 14.1. The molecule has 5 fully saturated rings. The molecule has 3 aliphatic carbocycles. The minimum atomic E-state index is -0.291. The molecule has 0 radical (unpaired) electrons. The molecule has 1 amide bonds. The van der Waals surface area contributed by atoms with Gasteiger partial charge in [0.1, 0.15) is 0 Å². The normalized spacial score (nSPS) is 33.1. The molecule has 0 bridgehead atoms. The highest BCUT2D eigenvalue weighted by Crippen LogP contribution is 2.46. The van der Waals surface area contributed by atoms with Crippen molar-refractivity contribution >= 4 is 17.5 Å². The number of ether oxygens (including phenoxy) is 3. The number of carbonyl (C=O) groups excluding carboxylic acids is 1. The van der Waals surface area contributed by atoms with Gasteiger partial charge in [0, 0.05) is 69.5 Å². The van der Waals surface area contributed by atoms with Crippen molar-refractivity contribution in [3.63, 3.8) is 0 Å². The van der Waals surface area contributed by atoms with Gasteiger partial charge < -0.3 is 24.2 Å². The van der Waals surface area contributed by atoms with Crippen LogP contribution in [-0.4, -0.2) is 91.4 Å². The van der Waals surface area contributed by atoms with Crippen LogP contribution in [-0.2, 0) is 19.0 Å². The maximum atomic E-state index is 13.3. The van der Waals surface area contributed by atoms with Crippen molar-refractivity contribution in [1.29, 1.82) is 0 Å². The van der Waals surface area contributed by atoms with E-state index in [0.717, 1.165) is 103 Å². The molecule has 1 N–H and O–H groups in total. The van der Waals surface area contributed by atoms with Gasteiger partial charge in [0.2, 0.25) is 5.91 Å². The van der Waals surface area contributed by atoms with Crippen LogP contribution in [0.25, 0.3) is 0 Å². The van der Waals surface area contributed by atoms with Gasteiger partial charge in [-0.1, -0.05) is 23.3 Å². The lowest BCUT2D eigenvalue weighted by molar-refractivity contribution is -0.187. The minimum absolute atomic E-state index is 0.134. The van der Waals surface area contributed by atoms with E-state index in [1.54, 1.807) is 5.54 Å². The topological polar surface area (TPSA) is 71.5 Å². The second-order valence-electron chi connectivity index (χ2n) is 13.0. The molecule has 0 aromatic carbocycles. The van der Waals surface area contributed by atoms with Crippen molar-refractivity contribution in [2.75, 3.05) is 52.5 Å². The zero-order chi connectivity index (χ0) is 30.0. The maximum absolute atomic E-state index is 13.3. The smallest absolute Gasteiger partial charge is 0.225 e. The van der Waals surface area contributed by atoms with E-state index >= 15 is 0 Å². The van der Waals surface area contributed by atoms with E-state index in [9.17, 15) is 9.90 Å². The molecule has 2 heterocycles. The highest BCUT2D eigenvalue weighted by Gasteiger charge is 2.44. The fraction of sp³-hybridized carbons (Fsp3) is 0.794. The fourth-order valence-corrected chi connectivity index (χ4v) is 8.15. The molecular weight excluding hydrogens is 552 g/mol. The third-order valence-corrected chi connectivity index (χ3v) is 10.7. The number of amides is 1. The summed E-state index contributed by atoms with van der Waals surface area (Å²) in [7, 11) is 0. The van der Waals surface area contributed by atoms with Crippen LogP contribution in [0.15, 0.2) is 36.4 Å². The summed E-state index contributed by atoms with van der Waals surface area (Å²) in [5.74, 6) is 1.80. The summed E-state index contributed by atoms with van der Waals surface area (Å²) in [6, 6.07) is 0. The molecule has 3 saturated carbocycles. The average molecular weight is 607 g/mol. The van der Waals surface area contributed by atoms with Crippen LogP contribution in [0.3, 0.4) is 0 Å². The SMILES string of the molecule is C=C.CC(/C=C/Cl)=C\CN1CCN(C(=O)C2CCC(OC3CCC(C4CCC5(CC4)OCCO5)CC3CO)CC2)CC1. The van der Waals surface area contributed by atoms with Gasteiger partial charge in [0.15, 0.2) is 5.79 Å². The molecule has 42 heavy (non-hydrogen) atoms. The van der Waals surface area contributed by atoms with E-state index in [-0.39, 0.29) is 36.4 Å². The lowest BCUT2D eigenvalue weighted by Gasteiger charge is -2.44. The number of hydrogen-bond acceptors (Lipinski definition) is 6. The van der Waals surface area contributed by atoms with Gasteiger partial charge >= 0.3 is 0 Å². The van der Waals surface area contributed by atoms with Crippen LogP contribution >= 0.6 is 11.6 Å². The minimum Gasteiger partial charge on any atom is -0.396 e. The third kappa shape index (κ3) is 8.92. The number of aliphatic hydroxyl groups is 1. The number of hydrogen-bond donors (Lipinski definition) is 1. The number of halogens is 1. The number of carbonyl (C=O) groups is 1. The lowest BCUT2D eigenvalue weighted by Crippen LogP contribution is -2.50. The van der Waals surface area contributed by atoms with Gasteiger partial charge in [-0.2, -0.15) is 0 Å². The number of piperazine rings is 1. The standard InChI is InChI=1S/C32H51ClN2O5.C2H4/c1-24(10-14-33)11-15-34-16-18-35(19-17-34)31(37)26-2-5-29(6-3-26)40-30-7-4-27(22-28(30)23-36)25-8-12-32(13-9-25)38-20-21-39-32;1-2/h10-11,14,25-30,36H,2-9,12-13,15-23H2,1H3;1-2H2/b14-10+,24-11+;. The van der Waals surface area contributed by atoms with Gasteiger partial charge in [0.25, 0.3) is 0 Å². The molecule has 3 atom stereocenters. The van der Waals surface area contributed by atoms with Crippen LogP contribution in [0.5, 0.6) is 0 Å². The summed E-state index contributed by atoms with van der Waals surface area (Å²) in [5.41, 5.74) is 2.71. The Bertz CT molecular complexity index is 880. The van der Waals surface area contributed by atoms with Gasteiger partial charge in [-0.15, -0.1) is 13.2 Å². The first-order valence-electron chi connectivity index (χ1n) is 16.5. The van der Waals surface area contributed by atoms with Crippen LogP contribution in [0.1, 0.15) is 77.6 Å². The maximum Gasteiger partial charge on any atom is 0.225 e. The molecule has 0 aromatic rings. The largest absolute Gasteiger partial charge is 0.396 e. The van der Waals surface area contributed by atoms with Crippen molar-refractivity contribution in [2.24, 2.45) is 23.7 Å². The molecule has 1 spiro atoms. The Morgan fingerprint density at radius 2 is 1.64 bits per heavy atom. The van der Waals surface area contributed by atoms with Crippen molar-refractivity contribution in [2.45, 2.75) is 95.5 Å². The average Bonchev–Trinajstić information content (AvgIpc) is 3.49. The monoisotopic (exact) mass is 606 g/mol. The van der Waals surface area contributed by atoms with E-state index in [1.165, 1.54) is 19.3 Å². The van der Waals surface area contributed by atoms with E-state index in [2.05, 4.69) is 36.0 Å². The molecule has 8 heteroatoms. The van der Waals surface area contributed by atoms with Crippen molar-refractivity contribution < 1.29 is 24.1 Å². The first-order chi connectivity index (χ1) is 20.5. The molecule has 7 nitrogen and oxygen atoms in total. The fourth-order valence-electron chi connectivity index (χ4n) is 7.95. The summed E-state index contributed by atoms with van der Waals surface area (Å²) in [6.07, 6.45) is 15.9. The Morgan fingerprint density at radius 3 is 2.26 bits per heavy atom. The zero-order valence-corrected chi connectivity index (χ0v) is 26.7. The predicted molar refractivity (Wildman–Crippen MR) is 168 cm³/mol. The number of rotatable bonds is 8. The summed E-state index contributed by atoms with van der Waals surface area (Å²) in [5, 5.41) is 10.3. The van der Waals surface area contributed by atoms with Gasteiger partial charge in [0.05, 0.1) is 25.4 Å². The van der Waals surface area contributed by atoms with E-state index in [4.69, 9.17) is 25.8 Å². The molecule has 0 aromatic heterocycles. The lowest BCUT2D eigenvalue weighted by atomic mass is 9.68. The van der Waals surface area contributed by atoms with E-state index in [0.29, 0.717) is 17.7 Å². The highest BCUT2D eigenvalue weighted by molar-refractivity contribution is 6.25. The first kappa shape index (κ1) is 33.7. The van der Waals surface area contributed by atoms with E-state index in [1.807, 2.05) is 6.08 Å². The zero-order valence-electron chi connectivity index (χ0n) is 25.9. The van der Waals surface area contributed by atoms with Crippen molar-refractivity contribution in [1.82, 2.24) is 9.80 Å². The number of nitrogens with zero attached hydrogens (tertiary/aromatic N) is 2. The molecule has 5 aliphatic rings. The Labute approximate surface area is 259 Å². The van der Waals surface area contributed by atoms with Crippen LogP contribution < -0.4 is 0 Å². The Morgan fingerprint density at radius 1 is 0.976 bits per heavy atom. The van der Waals surface area contributed by atoms with Crippen molar-refractivity contribution in [3.05, 3.63) is 36.4 Å². The first-order valence-corrected chi connectivity index (χ1v) is 16.9. The number of allylic oxidation sites excluding steroid dienone is 2. The molecule has 5 rings (SSSR count). The van der Waals surface area contributed by atoms with E-state index < -0.39 is 0 Å². The van der Waals surface area contributed by atoms with Crippen molar-refractivity contribution in [3.8, 4) is 0 Å². The quantitative estimate of drug-likeness (QED) is 0.273. The molecule has 2 aliphatic heterocycles. The van der Waals surface area contributed by atoms with Crippen LogP contribution in [0.2, 0.25) is 0 Å². The number of aliphatic hydroxyl groups excluding tert-OH is 1. The van der Waals surface area contributed by atoms with Gasteiger partial charge in [-0.05, 0) is 82.6 Å². The molecule has 238 valence electrons. The third-order valence-electron chi connectivity index (χ3n) is 10.5. The Hall–Kier alpha value is -1.22. The Kier molecular flexibility index (Phi) is 13.4. The predicted octanol–water partition coefficient (Wildman–Crippen LogP) is 5.92.